The van der Waals surface area contributed by atoms with Gasteiger partial charge in [-0.3, -0.25) is 25.3 Å². The summed E-state index contributed by atoms with van der Waals surface area (Å²) in [5.41, 5.74) is 3.21. The highest BCUT2D eigenvalue weighted by molar-refractivity contribution is 6.31. The summed E-state index contributed by atoms with van der Waals surface area (Å²) >= 11 is 12.0. The molecule has 0 fully saturated rings. The molecule has 0 aliphatic carbocycles. The zero-order valence-electron chi connectivity index (χ0n) is 16.6. The fourth-order valence-corrected chi connectivity index (χ4v) is 3.40. The summed E-state index contributed by atoms with van der Waals surface area (Å²) in [6.07, 6.45) is 0. The molecule has 2 aromatic rings. The topological polar surface area (TPSA) is 81.7 Å². The number of hydrazine groups is 1. The van der Waals surface area contributed by atoms with E-state index in [0.717, 1.165) is 0 Å². The molecule has 2 amide bonds. The molecule has 2 aromatic carbocycles. The molecule has 0 unspecified atom stereocenters. The Hall–Kier alpha value is -2.12. The van der Waals surface area contributed by atoms with Gasteiger partial charge < -0.3 is 5.11 Å². The molecular formula is C21H25Cl2N3O3. The minimum absolute atomic E-state index is 0.260. The maximum atomic E-state index is 13.0. The monoisotopic (exact) mass is 437 g/mol. The third-order valence-corrected chi connectivity index (χ3v) is 5.36. The van der Waals surface area contributed by atoms with Crippen LogP contribution in [0.2, 0.25) is 10.0 Å². The SMILES string of the molecule is CCN(CC)[C@@H](C)C(=O)NNC(=O)[C@@](O)(c1ccc(Cl)cc1)c1cccc(Cl)c1. The van der Waals surface area contributed by atoms with Crippen molar-refractivity contribution in [3.8, 4) is 0 Å². The molecule has 0 aromatic heterocycles. The van der Waals surface area contributed by atoms with Gasteiger partial charge in [0.1, 0.15) is 0 Å². The minimum atomic E-state index is -2.08. The van der Waals surface area contributed by atoms with E-state index in [-0.39, 0.29) is 17.0 Å². The van der Waals surface area contributed by atoms with Crippen molar-refractivity contribution in [1.82, 2.24) is 15.8 Å². The number of hydrogen-bond acceptors (Lipinski definition) is 4. The van der Waals surface area contributed by atoms with Crippen LogP contribution in [0.25, 0.3) is 0 Å². The van der Waals surface area contributed by atoms with Crippen molar-refractivity contribution in [3.63, 3.8) is 0 Å². The van der Waals surface area contributed by atoms with Crippen molar-refractivity contribution in [2.75, 3.05) is 13.1 Å². The van der Waals surface area contributed by atoms with Crippen LogP contribution in [-0.2, 0) is 15.2 Å². The number of amides is 2. The Morgan fingerprint density at radius 1 is 1.00 bits per heavy atom. The van der Waals surface area contributed by atoms with Crippen LogP contribution in [-0.4, -0.2) is 41.0 Å². The number of carbonyl (C=O) groups is 2. The number of aliphatic hydroxyl groups is 1. The van der Waals surface area contributed by atoms with Crippen molar-refractivity contribution >= 4 is 35.0 Å². The Morgan fingerprint density at radius 2 is 1.62 bits per heavy atom. The molecule has 8 heteroatoms. The van der Waals surface area contributed by atoms with Crippen LogP contribution in [0.1, 0.15) is 31.9 Å². The van der Waals surface area contributed by atoms with Crippen molar-refractivity contribution in [2.45, 2.75) is 32.4 Å². The van der Waals surface area contributed by atoms with Gasteiger partial charge >= 0.3 is 0 Å². The van der Waals surface area contributed by atoms with E-state index in [9.17, 15) is 14.7 Å². The van der Waals surface area contributed by atoms with Gasteiger partial charge in [0.05, 0.1) is 6.04 Å². The number of likely N-dealkylation sites (N-methyl/N-ethyl adjacent to an activating group) is 1. The number of rotatable bonds is 7. The van der Waals surface area contributed by atoms with E-state index >= 15 is 0 Å². The van der Waals surface area contributed by atoms with E-state index in [2.05, 4.69) is 10.9 Å². The van der Waals surface area contributed by atoms with Crippen LogP contribution in [0.4, 0.5) is 0 Å². The molecule has 0 spiro atoms. The third kappa shape index (κ3) is 5.28. The molecule has 0 heterocycles. The summed E-state index contributed by atoms with van der Waals surface area (Å²) in [6, 6.07) is 12.1. The summed E-state index contributed by atoms with van der Waals surface area (Å²) in [7, 11) is 0. The molecule has 2 rings (SSSR count). The van der Waals surface area contributed by atoms with Gasteiger partial charge in [0.2, 0.25) is 0 Å². The average molecular weight is 438 g/mol. The summed E-state index contributed by atoms with van der Waals surface area (Å²) in [6.45, 7) is 7.03. The lowest BCUT2D eigenvalue weighted by molar-refractivity contribution is -0.141. The lowest BCUT2D eigenvalue weighted by Gasteiger charge is -2.29. The Kier molecular flexibility index (Phi) is 8.05. The van der Waals surface area contributed by atoms with Crippen molar-refractivity contribution in [3.05, 3.63) is 69.7 Å². The average Bonchev–Trinajstić information content (AvgIpc) is 2.72. The molecule has 3 N–H and O–H groups in total. The zero-order chi connectivity index (χ0) is 21.6. The molecule has 0 bridgehead atoms. The third-order valence-electron chi connectivity index (χ3n) is 4.87. The molecule has 0 saturated carbocycles. The Bertz CT molecular complexity index is 857. The Balaban J connectivity index is 2.31. The van der Waals surface area contributed by atoms with Gasteiger partial charge in [-0.1, -0.05) is 61.3 Å². The Morgan fingerprint density at radius 3 is 2.17 bits per heavy atom. The molecular weight excluding hydrogens is 413 g/mol. The highest BCUT2D eigenvalue weighted by Crippen LogP contribution is 2.32. The maximum absolute atomic E-state index is 13.0. The normalized spacial score (nSPS) is 14.2. The van der Waals surface area contributed by atoms with Crippen LogP contribution in [0.5, 0.6) is 0 Å². The van der Waals surface area contributed by atoms with Gasteiger partial charge in [0.25, 0.3) is 11.8 Å². The summed E-state index contributed by atoms with van der Waals surface area (Å²) < 4.78 is 0. The first-order chi connectivity index (χ1) is 13.7. The van der Waals surface area contributed by atoms with Crippen molar-refractivity contribution in [2.24, 2.45) is 0 Å². The van der Waals surface area contributed by atoms with Gasteiger partial charge in [-0.05, 0) is 55.4 Å². The number of hydrogen-bond donors (Lipinski definition) is 3. The lowest BCUT2D eigenvalue weighted by Crippen LogP contribution is -2.56. The zero-order valence-corrected chi connectivity index (χ0v) is 18.1. The first-order valence-corrected chi connectivity index (χ1v) is 10.1. The van der Waals surface area contributed by atoms with Crippen molar-refractivity contribution in [1.29, 1.82) is 0 Å². The number of halogens is 2. The molecule has 0 aliphatic rings. The van der Waals surface area contributed by atoms with E-state index < -0.39 is 17.6 Å². The Labute approximate surface area is 180 Å². The van der Waals surface area contributed by atoms with Crippen LogP contribution in [0, 0.1) is 0 Å². The van der Waals surface area contributed by atoms with E-state index in [0.29, 0.717) is 23.1 Å². The standard InChI is InChI=1S/C21H25Cl2N3O3/c1-4-26(5-2)14(3)19(27)24-25-20(28)21(29,15-9-11-17(22)12-10-15)16-7-6-8-18(23)13-16/h6-14,29H,4-5H2,1-3H3,(H,24,27)(H,25,28)/t14-,21+/m0/s1. The van der Waals surface area contributed by atoms with Gasteiger partial charge in [0, 0.05) is 10.0 Å². The van der Waals surface area contributed by atoms with Gasteiger partial charge in [-0.15, -0.1) is 0 Å². The van der Waals surface area contributed by atoms with Gasteiger partial charge in [0.15, 0.2) is 5.60 Å². The molecule has 0 saturated heterocycles. The molecule has 2 atom stereocenters. The molecule has 0 aliphatic heterocycles. The van der Waals surface area contributed by atoms with Crippen LogP contribution < -0.4 is 10.9 Å². The second-order valence-electron chi connectivity index (χ2n) is 6.57. The van der Waals surface area contributed by atoms with Crippen LogP contribution >= 0.6 is 23.2 Å². The molecule has 29 heavy (non-hydrogen) atoms. The first-order valence-electron chi connectivity index (χ1n) is 9.32. The summed E-state index contributed by atoms with van der Waals surface area (Å²) in [5, 5.41) is 12.2. The predicted octanol–water partition coefficient (Wildman–Crippen LogP) is 3.11. The predicted molar refractivity (Wildman–Crippen MR) is 115 cm³/mol. The summed E-state index contributed by atoms with van der Waals surface area (Å²) in [5.74, 6) is -1.20. The van der Waals surface area contributed by atoms with E-state index in [1.807, 2.05) is 18.7 Å². The molecule has 6 nitrogen and oxygen atoms in total. The van der Waals surface area contributed by atoms with Gasteiger partial charge in [-0.25, -0.2) is 0 Å². The van der Waals surface area contributed by atoms with Crippen LogP contribution in [0.15, 0.2) is 48.5 Å². The number of benzene rings is 2. The molecule has 0 radical (unpaired) electrons. The molecule has 156 valence electrons. The number of nitrogens with one attached hydrogen (secondary N) is 2. The number of nitrogens with zero attached hydrogens (tertiary/aromatic N) is 1. The fourth-order valence-electron chi connectivity index (χ4n) is 3.08. The second kappa shape index (κ2) is 10.1. The maximum Gasteiger partial charge on any atom is 0.279 e. The highest BCUT2D eigenvalue weighted by atomic mass is 35.5. The quantitative estimate of drug-likeness (QED) is 0.581. The minimum Gasteiger partial charge on any atom is -0.372 e. The van der Waals surface area contributed by atoms with E-state index in [4.69, 9.17) is 23.2 Å². The smallest absolute Gasteiger partial charge is 0.279 e. The van der Waals surface area contributed by atoms with Crippen LogP contribution in [0.3, 0.4) is 0 Å². The summed E-state index contributed by atoms with van der Waals surface area (Å²) in [4.78, 5) is 27.4. The lowest BCUT2D eigenvalue weighted by atomic mass is 9.85. The van der Waals surface area contributed by atoms with Crippen molar-refractivity contribution < 1.29 is 14.7 Å². The first kappa shape index (κ1) is 23.2. The number of carbonyl (C=O) groups excluding carboxylic acids is 2. The van der Waals surface area contributed by atoms with Gasteiger partial charge in [-0.2, -0.15) is 0 Å². The van der Waals surface area contributed by atoms with E-state index in [1.54, 1.807) is 49.4 Å². The second-order valence-corrected chi connectivity index (χ2v) is 7.44. The largest absolute Gasteiger partial charge is 0.372 e. The highest BCUT2D eigenvalue weighted by Gasteiger charge is 2.40. The fraction of sp³-hybridized carbons (Fsp3) is 0.333. The van der Waals surface area contributed by atoms with E-state index in [1.165, 1.54) is 6.07 Å².